The lowest BCUT2D eigenvalue weighted by Crippen LogP contribution is -2.36. The molecule has 0 aliphatic carbocycles. The van der Waals surface area contributed by atoms with Gasteiger partial charge in [-0.2, -0.15) is 5.10 Å². The molecule has 1 N–H and O–H groups in total. The summed E-state index contributed by atoms with van der Waals surface area (Å²) >= 11 is 0. The molecule has 0 saturated carbocycles. The van der Waals surface area contributed by atoms with E-state index in [1.807, 2.05) is 31.1 Å². The lowest BCUT2D eigenvalue weighted by atomic mass is 10.2. The van der Waals surface area contributed by atoms with Crippen LogP contribution in [0.3, 0.4) is 0 Å². The van der Waals surface area contributed by atoms with E-state index in [2.05, 4.69) is 20.1 Å². The molecule has 6 nitrogen and oxygen atoms in total. The number of rotatable bonds is 6. The SMILES string of the molecule is CN(C)CCN(Cc1cccnc1)C(=O)c1cn[nH]c1. The molecule has 20 heavy (non-hydrogen) atoms. The Hall–Kier alpha value is -2.21. The van der Waals surface area contributed by atoms with Gasteiger partial charge < -0.3 is 9.80 Å². The predicted octanol–water partition coefficient (Wildman–Crippen LogP) is 1.01. The van der Waals surface area contributed by atoms with E-state index in [9.17, 15) is 4.79 Å². The van der Waals surface area contributed by atoms with Gasteiger partial charge in [0.1, 0.15) is 0 Å². The predicted molar refractivity (Wildman–Crippen MR) is 76.1 cm³/mol. The van der Waals surface area contributed by atoms with Gasteiger partial charge in [-0.3, -0.25) is 14.9 Å². The topological polar surface area (TPSA) is 65.1 Å². The number of hydrogen-bond donors (Lipinski definition) is 1. The van der Waals surface area contributed by atoms with Crippen molar-refractivity contribution in [2.45, 2.75) is 6.54 Å². The van der Waals surface area contributed by atoms with Crippen LogP contribution in [0.5, 0.6) is 0 Å². The largest absolute Gasteiger partial charge is 0.333 e. The van der Waals surface area contributed by atoms with Crippen molar-refractivity contribution in [3.8, 4) is 0 Å². The molecular formula is C14H19N5O. The summed E-state index contributed by atoms with van der Waals surface area (Å²) in [6, 6.07) is 3.85. The molecule has 106 valence electrons. The van der Waals surface area contributed by atoms with E-state index in [-0.39, 0.29) is 5.91 Å². The highest BCUT2D eigenvalue weighted by Gasteiger charge is 2.17. The number of H-pyrrole nitrogens is 1. The Balaban J connectivity index is 2.10. The van der Waals surface area contributed by atoms with Gasteiger partial charge in [0.15, 0.2) is 0 Å². The monoisotopic (exact) mass is 273 g/mol. The van der Waals surface area contributed by atoms with Gasteiger partial charge in [0.2, 0.25) is 0 Å². The van der Waals surface area contributed by atoms with Gasteiger partial charge in [-0.1, -0.05) is 6.07 Å². The third-order valence-corrected chi connectivity index (χ3v) is 2.95. The summed E-state index contributed by atoms with van der Waals surface area (Å²) in [5.41, 5.74) is 1.59. The number of amides is 1. The minimum absolute atomic E-state index is 0.0237. The van der Waals surface area contributed by atoms with Crippen LogP contribution in [0.25, 0.3) is 0 Å². The van der Waals surface area contributed by atoms with Crippen molar-refractivity contribution in [2.24, 2.45) is 0 Å². The number of hydrogen-bond acceptors (Lipinski definition) is 4. The highest BCUT2D eigenvalue weighted by Crippen LogP contribution is 2.08. The number of aromatic amines is 1. The van der Waals surface area contributed by atoms with E-state index in [0.29, 0.717) is 18.7 Å². The first-order chi connectivity index (χ1) is 9.66. The molecule has 0 aliphatic rings. The molecule has 0 aromatic carbocycles. The number of carbonyl (C=O) groups is 1. The smallest absolute Gasteiger partial charge is 0.257 e. The van der Waals surface area contributed by atoms with Crippen molar-refractivity contribution < 1.29 is 4.79 Å². The van der Waals surface area contributed by atoms with Gasteiger partial charge in [0.25, 0.3) is 5.91 Å². The molecule has 6 heteroatoms. The fourth-order valence-electron chi connectivity index (χ4n) is 1.84. The second-order valence-electron chi connectivity index (χ2n) is 4.88. The minimum Gasteiger partial charge on any atom is -0.333 e. The quantitative estimate of drug-likeness (QED) is 0.853. The standard InChI is InChI=1S/C14H19N5O/c1-18(2)6-7-19(11-12-4-3-5-15-8-12)14(20)13-9-16-17-10-13/h3-5,8-10H,6-7,11H2,1-2H3,(H,16,17). The zero-order valence-corrected chi connectivity index (χ0v) is 11.8. The molecule has 0 saturated heterocycles. The summed E-state index contributed by atoms with van der Waals surface area (Å²) in [6.45, 7) is 2.02. The third-order valence-electron chi connectivity index (χ3n) is 2.95. The molecule has 0 atom stereocenters. The molecular weight excluding hydrogens is 254 g/mol. The average molecular weight is 273 g/mol. The van der Waals surface area contributed by atoms with Crippen molar-refractivity contribution >= 4 is 5.91 Å². The summed E-state index contributed by atoms with van der Waals surface area (Å²) < 4.78 is 0. The van der Waals surface area contributed by atoms with Crippen molar-refractivity contribution in [3.05, 3.63) is 48.0 Å². The number of pyridine rings is 1. The highest BCUT2D eigenvalue weighted by molar-refractivity contribution is 5.93. The average Bonchev–Trinajstić information content (AvgIpc) is 2.97. The number of carbonyl (C=O) groups excluding carboxylic acids is 1. The van der Waals surface area contributed by atoms with Crippen LogP contribution in [0.1, 0.15) is 15.9 Å². The molecule has 2 aromatic rings. The molecule has 0 bridgehead atoms. The van der Waals surface area contributed by atoms with Crippen LogP contribution in [0.15, 0.2) is 36.9 Å². The fourth-order valence-corrected chi connectivity index (χ4v) is 1.84. The highest BCUT2D eigenvalue weighted by atomic mass is 16.2. The van der Waals surface area contributed by atoms with Crippen LogP contribution in [0.4, 0.5) is 0 Å². The molecule has 0 fully saturated rings. The van der Waals surface area contributed by atoms with Gasteiger partial charge in [0.05, 0.1) is 11.8 Å². The van der Waals surface area contributed by atoms with Gasteiger partial charge in [-0.05, 0) is 25.7 Å². The summed E-state index contributed by atoms with van der Waals surface area (Å²) in [5.74, 6) is -0.0237. The second kappa shape index (κ2) is 6.81. The molecule has 0 spiro atoms. The molecule has 2 aromatic heterocycles. The lowest BCUT2D eigenvalue weighted by Gasteiger charge is -2.24. The van der Waals surface area contributed by atoms with Gasteiger partial charge in [-0.25, -0.2) is 0 Å². The minimum atomic E-state index is -0.0237. The van der Waals surface area contributed by atoms with E-state index >= 15 is 0 Å². The molecule has 0 radical (unpaired) electrons. The van der Waals surface area contributed by atoms with Gasteiger partial charge in [0, 0.05) is 38.2 Å². The van der Waals surface area contributed by atoms with Crippen LogP contribution in [0.2, 0.25) is 0 Å². The number of aromatic nitrogens is 3. The van der Waals surface area contributed by atoms with Crippen LogP contribution in [-0.2, 0) is 6.54 Å². The summed E-state index contributed by atoms with van der Waals surface area (Å²) in [4.78, 5) is 20.4. The van der Waals surface area contributed by atoms with Gasteiger partial charge in [-0.15, -0.1) is 0 Å². The fraction of sp³-hybridized carbons (Fsp3) is 0.357. The first-order valence-electron chi connectivity index (χ1n) is 6.48. The molecule has 2 rings (SSSR count). The maximum absolute atomic E-state index is 12.4. The van der Waals surface area contributed by atoms with E-state index in [1.54, 1.807) is 24.8 Å². The molecule has 2 heterocycles. The van der Waals surface area contributed by atoms with E-state index in [1.165, 1.54) is 0 Å². The molecule has 0 aliphatic heterocycles. The van der Waals surface area contributed by atoms with Crippen molar-refractivity contribution in [1.82, 2.24) is 25.0 Å². The zero-order chi connectivity index (χ0) is 14.4. The van der Waals surface area contributed by atoms with Crippen molar-refractivity contribution in [2.75, 3.05) is 27.2 Å². The van der Waals surface area contributed by atoms with Crippen molar-refractivity contribution in [3.63, 3.8) is 0 Å². The van der Waals surface area contributed by atoms with Crippen molar-refractivity contribution in [1.29, 1.82) is 0 Å². The Labute approximate surface area is 118 Å². The third kappa shape index (κ3) is 3.89. The van der Waals surface area contributed by atoms with E-state index in [0.717, 1.165) is 12.1 Å². The maximum atomic E-state index is 12.4. The summed E-state index contributed by atoms with van der Waals surface area (Å²) in [5, 5.41) is 6.51. The zero-order valence-electron chi connectivity index (χ0n) is 11.8. The molecule has 0 unspecified atom stereocenters. The Morgan fingerprint density at radius 1 is 1.30 bits per heavy atom. The van der Waals surface area contributed by atoms with Gasteiger partial charge >= 0.3 is 0 Å². The summed E-state index contributed by atoms with van der Waals surface area (Å²) in [6.07, 6.45) is 6.68. The maximum Gasteiger partial charge on any atom is 0.257 e. The normalized spacial score (nSPS) is 10.8. The Kier molecular flexibility index (Phi) is 4.84. The Morgan fingerprint density at radius 2 is 2.15 bits per heavy atom. The van der Waals surface area contributed by atoms with Crippen LogP contribution >= 0.6 is 0 Å². The first-order valence-corrected chi connectivity index (χ1v) is 6.48. The lowest BCUT2D eigenvalue weighted by molar-refractivity contribution is 0.0732. The Morgan fingerprint density at radius 3 is 2.75 bits per heavy atom. The summed E-state index contributed by atoms with van der Waals surface area (Å²) in [7, 11) is 3.98. The van der Waals surface area contributed by atoms with Crippen LogP contribution in [0, 0.1) is 0 Å². The van der Waals surface area contributed by atoms with Crippen LogP contribution in [-0.4, -0.2) is 58.1 Å². The number of likely N-dealkylation sites (N-methyl/N-ethyl adjacent to an activating group) is 1. The van der Waals surface area contributed by atoms with Crippen LogP contribution < -0.4 is 0 Å². The van der Waals surface area contributed by atoms with E-state index < -0.39 is 0 Å². The second-order valence-corrected chi connectivity index (χ2v) is 4.88. The molecule has 1 amide bonds. The van der Waals surface area contributed by atoms with E-state index in [4.69, 9.17) is 0 Å². The Bertz CT molecular complexity index is 524. The first kappa shape index (κ1) is 14.2. The number of nitrogens with one attached hydrogen (secondary N) is 1. The number of nitrogens with zero attached hydrogens (tertiary/aromatic N) is 4.